The number of aryl methyl sites for hydroxylation is 1. The van der Waals surface area contributed by atoms with Crippen molar-refractivity contribution in [3.05, 3.63) is 24.2 Å². The molecule has 38 heavy (non-hydrogen) atoms. The maximum atomic E-state index is 11.8. The second kappa shape index (κ2) is 10.9. The van der Waals surface area contributed by atoms with Gasteiger partial charge in [0.05, 0.1) is 40.6 Å². The standard InChI is InChI=1S/C24H33N7O5S2/c1-13-19(23-29-17-11-25-6-3-18(17)37-23)22(28-16-9-15(12-32)20(33)21(16)34)30-24(27-13)26-10-14-4-7-31(8-5-14)38(2,35)36/h3,6,11,14-16,20-21,32-34H,4-5,7-10,12H2,1-2H3,(H2,26,27,28,30)/t15-,16?,20-,21+/m1/s1. The number of aromatic nitrogens is 4. The van der Waals surface area contributed by atoms with Crippen LogP contribution in [-0.4, -0.2) is 98.7 Å². The quantitative estimate of drug-likeness (QED) is 0.265. The minimum atomic E-state index is -3.18. The van der Waals surface area contributed by atoms with Crippen molar-refractivity contribution in [1.29, 1.82) is 0 Å². The van der Waals surface area contributed by atoms with Gasteiger partial charge in [-0.2, -0.15) is 4.98 Å². The van der Waals surface area contributed by atoms with Gasteiger partial charge >= 0.3 is 0 Å². The van der Waals surface area contributed by atoms with Crippen molar-refractivity contribution in [2.75, 3.05) is 43.1 Å². The van der Waals surface area contributed by atoms with Gasteiger partial charge in [0.1, 0.15) is 22.4 Å². The smallest absolute Gasteiger partial charge is 0.224 e. The highest BCUT2D eigenvalue weighted by Crippen LogP contribution is 2.38. The van der Waals surface area contributed by atoms with E-state index in [4.69, 9.17) is 9.97 Å². The summed E-state index contributed by atoms with van der Waals surface area (Å²) < 4.78 is 26.1. The zero-order chi connectivity index (χ0) is 27.0. The lowest BCUT2D eigenvalue weighted by atomic mass is 9.98. The molecule has 0 aromatic carbocycles. The van der Waals surface area contributed by atoms with Gasteiger partial charge in [0.15, 0.2) is 0 Å². The fourth-order valence-electron chi connectivity index (χ4n) is 5.20. The van der Waals surface area contributed by atoms with E-state index in [0.717, 1.165) is 23.1 Å². The maximum absolute atomic E-state index is 11.8. The van der Waals surface area contributed by atoms with E-state index in [-0.39, 0.29) is 12.5 Å². The van der Waals surface area contributed by atoms with Crippen LogP contribution in [0.25, 0.3) is 20.8 Å². The Kier molecular flexibility index (Phi) is 7.80. The Morgan fingerprint density at radius 2 is 1.92 bits per heavy atom. The summed E-state index contributed by atoms with van der Waals surface area (Å²) in [4.78, 5) is 18.3. The van der Waals surface area contributed by atoms with Crippen molar-refractivity contribution >= 4 is 43.3 Å². The fraction of sp³-hybridized carbons (Fsp3) is 0.583. The summed E-state index contributed by atoms with van der Waals surface area (Å²) in [6, 6.07) is 1.38. The molecule has 1 saturated heterocycles. The number of aliphatic hydroxyl groups is 3. The van der Waals surface area contributed by atoms with Gasteiger partial charge in [0.25, 0.3) is 0 Å². The minimum Gasteiger partial charge on any atom is -0.396 e. The van der Waals surface area contributed by atoms with E-state index in [1.54, 1.807) is 12.4 Å². The van der Waals surface area contributed by atoms with E-state index >= 15 is 0 Å². The minimum absolute atomic E-state index is 0.220. The lowest BCUT2D eigenvalue weighted by Gasteiger charge is -2.30. The van der Waals surface area contributed by atoms with Gasteiger partial charge in [-0.3, -0.25) is 4.98 Å². The molecule has 0 bridgehead atoms. The predicted molar refractivity (Wildman–Crippen MR) is 145 cm³/mol. The van der Waals surface area contributed by atoms with E-state index in [1.807, 2.05) is 13.0 Å². The van der Waals surface area contributed by atoms with Crippen molar-refractivity contribution in [3.63, 3.8) is 0 Å². The number of fused-ring (bicyclic) bond motifs is 1. The summed E-state index contributed by atoms with van der Waals surface area (Å²) in [5, 5.41) is 37.9. The summed E-state index contributed by atoms with van der Waals surface area (Å²) in [5.41, 5.74) is 2.15. The molecule has 0 spiro atoms. The van der Waals surface area contributed by atoms with Crippen LogP contribution in [-0.2, 0) is 10.0 Å². The first-order valence-corrected chi connectivity index (χ1v) is 15.3. The van der Waals surface area contributed by atoms with Crippen molar-refractivity contribution in [2.24, 2.45) is 11.8 Å². The van der Waals surface area contributed by atoms with Gasteiger partial charge in [-0.15, -0.1) is 11.3 Å². The average Bonchev–Trinajstić information content (AvgIpc) is 3.43. The maximum Gasteiger partial charge on any atom is 0.224 e. The van der Waals surface area contributed by atoms with Crippen LogP contribution in [0.4, 0.5) is 11.8 Å². The molecule has 1 aliphatic heterocycles. The molecule has 14 heteroatoms. The fourth-order valence-corrected chi connectivity index (χ4v) is 7.11. The van der Waals surface area contributed by atoms with Crippen LogP contribution >= 0.6 is 11.3 Å². The van der Waals surface area contributed by atoms with Crippen LogP contribution in [0.5, 0.6) is 0 Å². The first kappa shape index (κ1) is 27.1. The normalized spacial score (nSPS) is 25.2. The van der Waals surface area contributed by atoms with Crippen LogP contribution in [0.3, 0.4) is 0 Å². The third-order valence-electron chi connectivity index (χ3n) is 7.44. The van der Waals surface area contributed by atoms with Crippen molar-refractivity contribution in [2.45, 2.75) is 44.4 Å². The number of aliphatic hydroxyl groups excluding tert-OH is 3. The number of nitrogens with one attached hydrogen (secondary N) is 2. The molecule has 3 aromatic heterocycles. The predicted octanol–water partition coefficient (Wildman–Crippen LogP) is 1.05. The molecule has 1 saturated carbocycles. The Balaban J connectivity index is 1.40. The van der Waals surface area contributed by atoms with Gasteiger partial charge in [0, 0.05) is 38.4 Å². The number of anilines is 2. The van der Waals surface area contributed by atoms with Crippen molar-refractivity contribution in [3.8, 4) is 10.6 Å². The molecule has 5 N–H and O–H groups in total. The highest BCUT2D eigenvalue weighted by Gasteiger charge is 2.41. The lowest BCUT2D eigenvalue weighted by molar-refractivity contribution is 0.00446. The molecular formula is C24H33N7O5S2. The van der Waals surface area contributed by atoms with Crippen molar-refractivity contribution < 1.29 is 23.7 Å². The van der Waals surface area contributed by atoms with Gasteiger partial charge < -0.3 is 26.0 Å². The SMILES string of the molecule is Cc1nc(NCC2CCN(S(C)(=O)=O)CC2)nc(NC2C[C@H](CO)[C@@H](O)[C@H]2O)c1-c1nc2cnccc2s1. The molecule has 4 atom stereocenters. The first-order valence-electron chi connectivity index (χ1n) is 12.7. The number of hydrogen-bond acceptors (Lipinski definition) is 12. The zero-order valence-corrected chi connectivity index (χ0v) is 22.9. The van der Waals surface area contributed by atoms with Gasteiger partial charge in [0.2, 0.25) is 16.0 Å². The molecule has 0 radical (unpaired) electrons. The number of sulfonamides is 1. The number of thiazole rings is 1. The Morgan fingerprint density at radius 1 is 1.16 bits per heavy atom. The van der Waals surface area contributed by atoms with Crippen LogP contribution < -0.4 is 10.6 Å². The highest BCUT2D eigenvalue weighted by atomic mass is 32.2. The highest BCUT2D eigenvalue weighted by molar-refractivity contribution is 7.88. The number of hydrogen-bond donors (Lipinski definition) is 5. The summed E-state index contributed by atoms with van der Waals surface area (Å²) in [7, 11) is -3.18. The van der Waals surface area contributed by atoms with Gasteiger partial charge in [-0.05, 0) is 38.2 Å². The molecule has 3 aromatic rings. The Hall–Kier alpha value is -2.49. The zero-order valence-electron chi connectivity index (χ0n) is 21.3. The molecule has 206 valence electrons. The topological polar surface area (TPSA) is 174 Å². The number of pyridine rings is 1. The third-order valence-corrected chi connectivity index (χ3v) is 9.80. The molecule has 2 fully saturated rings. The number of piperidine rings is 1. The molecule has 12 nitrogen and oxygen atoms in total. The summed E-state index contributed by atoms with van der Waals surface area (Å²) >= 11 is 1.49. The van der Waals surface area contributed by atoms with Crippen LogP contribution in [0.15, 0.2) is 18.5 Å². The molecule has 1 unspecified atom stereocenters. The van der Waals surface area contributed by atoms with Crippen LogP contribution in [0.1, 0.15) is 25.0 Å². The summed E-state index contributed by atoms with van der Waals surface area (Å²) in [5.74, 6) is 0.738. The summed E-state index contributed by atoms with van der Waals surface area (Å²) in [6.45, 7) is 3.25. The molecule has 5 rings (SSSR count). The Labute approximate surface area is 225 Å². The molecular weight excluding hydrogens is 530 g/mol. The Bertz CT molecular complexity index is 1360. The molecule has 4 heterocycles. The van der Waals surface area contributed by atoms with E-state index < -0.39 is 34.2 Å². The van der Waals surface area contributed by atoms with Gasteiger partial charge in [-0.1, -0.05) is 0 Å². The van der Waals surface area contributed by atoms with E-state index in [0.29, 0.717) is 54.1 Å². The molecule has 1 aliphatic carbocycles. The lowest BCUT2D eigenvalue weighted by Crippen LogP contribution is -2.39. The monoisotopic (exact) mass is 563 g/mol. The molecule has 0 amide bonds. The molecule has 2 aliphatic rings. The number of rotatable bonds is 8. The average molecular weight is 564 g/mol. The number of nitrogens with zero attached hydrogens (tertiary/aromatic N) is 5. The van der Waals surface area contributed by atoms with Crippen LogP contribution in [0, 0.1) is 18.8 Å². The summed E-state index contributed by atoms with van der Waals surface area (Å²) in [6.07, 6.45) is 4.43. The van der Waals surface area contributed by atoms with Crippen molar-refractivity contribution in [1.82, 2.24) is 24.2 Å². The second-order valence-electron chi connectivity index (χ2n) is 10.1. The van der Waals surface area contributed by atoms with Crippen LogP contribution in [0.2, 0.25) is 0 Å². The Morgan fingerprint density at radius 3 is 2.58 bits per heavy atom. The van der Waals surface area contributed by atoms with E-state index in [1.165, 1.54) is 21.9 Å². The largest absolute Gasteiger partial charge is 0.396 e. The van der Waals surface area contributed by atoms with Gasteiger partial charge in [-0.25, -0.2) is 22.7 Å². The first-order chi connectivity index (χ1) is 18.1. The van der Waals surface area contributed by atoms with E-state index in [2.05, 4.69) is 20.6 Å². The second-order valence-corrected chi connectivity index (χ2v) is 13.1. The van der Waals surface area contributed by atoms with E-state index in [9.17, 15) is 23.7 Å². The third kappa shape index (κ3) is 5.60.